The zero-order valence-corrected chi connectivity index (χ0v) is 17.8. The summed E-state index contributed by atoms with van der Waals surface area (Å²) in [5.74, 6) is 0.389. The SMILES string of the molecule is O=C(NCc1ccc(Oc2cccc(F)c2)nc1)NC1CCN(Cc2ccccc2)CC1. The van der Waals surface area contributed by atoms with E-state index in [1.807, 2.05) is 12.1 Å². The van der Waals surface area contributed by atoms with Crippen LogP contribution in [-0.4, -0.2) is 35.0 Å². The molecule has 0 atom stereocenters. The standard InChI is InChI=1S/C25H27FN4O2/c26-21-7-4-8-23(15-21)32-24-10-9-20(16-27-24)17-28-25(31)29-22-11-13-30(14-12-22)18-19-5-2-1-3-6-19/h1-10,15-16,22H,11-14,17-18H2,(H2,28,29,31). The van der Waals surface area contributed by atoms with Crippen LogP contribution in [0.5, 0.6) is 11.6 Å². The Morgan fingerprint density at radius 3 is 2.56 bits per heavy atom. The van der Waals surface area contributed by atoms with E-state index in [2.05, 4.69) is 44.8 Å². The van der Waals surface area contributed by atoms with Gasteiger partial charge in [-0.15, -0.1) is 0 Å². The molecule has 32 heavy (non-hydrogen) atoms. The van der Waals surface area contributed by atoms with E-state index in [9.17, 15) is 9.18 Å². The first-order valence-corrected chi connectivity index (χ1v) is 10.8. The molecule has 6 nitrogen and oxygen atoms in total. The Labute approximate surface area is 187 Å². The molecule has 1 aliphatic rings. The van der Waals surface area contributed by atoms with Gasteiger partial charge in [0.15, 0.2) is 0 Å². The number of likely N-dealkylation sites (tertiary alicyclic amines) is 1. The van der Waals surface area contributed by atoms with Crippen molar-refractivity contribution in [3.8, 4) is 11.6 Å². The summed E-state index contributed by atoms with van der Waals surface area (Å²) >= 11 is 0. The number of rotatable bonds is 7. The van der Waals surface area contributed by atoms with Crippen LogP contribution in [0.1, 0.15) is 24.0 Å². The molecule has 2 N–H and O–H groups in total. The average Bonchev–Trinajstić information content (AvgIpc) is 2.81. The molecule has 4 rings (SSSR count). The van der Waals surface area contributed by atoms with Crippen molar-refractivity contribution in [1.29, 1.82) is 0 Å². The van der Waals surface area contributed by atoms with E-state index < -0.39 is 0 Å². The summed E-state index contributed by atoms with van der Waals surface area (Å²) in [5, 5.41) is 5.95. The first-order valence-electron chi connectivity index (χ1n) is 10.8. The van der Waals surface area contributed by atoms with Gasteiger partial charge in [0.2, 0.25) is 5.88 Å². The molecule has 1 aliphatic heterocycles. The summed E-state index contributed by atoms with van der Waals surface area (Å²) < 4.78 is 18.8. The van der Waals surface area contributed by atoms with Gasteiger partial charge in [-0.1, -0.05) is 42.5 Å². The fourth-order valence-corrected chi connectivity index (χ4v) is 3.72. The number of benzene rings is 2. The summed E-state index contributed by atoms with van der Waals surface area (Å²) in [4.78, 5) is 18.9. The number of piperidine rings is 1. The van der Waals surface area contributed by atoms with Crippen LogP contribution in [0, 0.1) is 5.82 Å². The van der Waals surface area contributed by atoms with Crippen molar-refractivity contribution < 1.29 is 13.9 Å². The molecule has 3 aromatic rings. The number of amides is 2. The monoisotopic (exact) mass is 434 g/mol. The van der Waals surface area contributed by atoms with Gasteiger partial charge in [0, 0.05) is 50.6 Å². The lowest BCUT2D eigenvalue weighted by Gasteiger charge is -2.32. The van der Waals surface area contributed by atoms with Crippen molar-refractivity contribution in [2.45, 2.75) is 32.0 Å². The number of hydrogen-bond acceptors (Lipinski definition) is 4. The fraction of sp³-hybridized carbons (Fsp3) is 0.280. The van der Waals surface area contributed by atoms with Crippen LogP contribution in [0.25, 0.3) is 0 Å². The second-order valence-corrected chi connectivity index (χ2v) is 7.93. The molecule has 1 fully saturated rings. The number of urea groups is 1. The van der Waals surface area contributed by atoms with E-state index in [0.29, 0.717) is 18.2 Å². The van der Waals surface area contributed by atoms with Gasteiger partial charge >= 0.3 is 6.03 Å². The summed E-state index contributed by atoms with van der Waals surface area (Å²) in [6, 6.07) is 19.9. The molecule has 2 aromatic carbocycles. The quantitative estimate of drug-likeness (QED) is 0.576. The van der Waals surface area contributed by atoms with Gasteiger partial charge < -0.3 is 15.4 Å². The van der Waals surface area contributed by atoms with E-state index in [4.69, 9.17) is 4.74 Å². The summed E-state index contributed by atoms with van der Waals surface area (Å²) in [6.45, 7) is 3.25. The van der Waals surface area contributed by atoms with Crippen LogP contribution in [0.4, 0.5) is 9.18 Å². The zero-order valence-electron chi connectivity index (χ0n) is 17.8. The van der Waals surface area contributed by atoms with E-state index in [-0.39, 0.29) is 17.9 Å². The Hall–Kier alpha value is -3.45. The highest BCUT2D eigenvalue weighted by molar-refractivity contribution is 5.74. The molecule has 1 aromatic heterocycles. The third kappa shape index (κ3) is 6.52. The highest BCUT2D eigenvalue weighted by atomic mass is 19.1. The van der Waals surface area contributed by atoms with Crippen LogP contribution >= 0.6 is 0 Å². The van der Waals surface area contributed by atoms with Gasteiger partial charge in [-0.3, -0.25) is 4.90 Å². The minimum atomic E-state index is -0.365. The summed E-state index contributed by atoms with van der Waals surface area (Å²) in [5.41, 5.74) is 2.17. The topological polar surface area (TPSA) is 66.5 Å². The zero-order chi connectivity index (χ0) is 22.2. The third-order valence-electron chi connectivity index (χ3n) is 5.44. The Kier molecular flexibility index (Phi) is 7.30. The number of ether oxygens (including phenoxy) is 1. The van der Waals surface area contributed by atoms with Gasteiger partial charge in [0.05, 0.1) is 0 Å². The Morgan fingerprint density at radius 1 is 1.03 bits per heavy atom. The molecule has 2 heterocycles. The van der Waals surface area contributed by atoms with Gasteiger partial charge in [-0.25, -0.2) is 14.2 Å². The first kappa shape index (κ1) is 21.8. The molecule has 0 saturated carbocycles. The van der Waals surface area contributed by atoms with Crippen molar-refractivity contribution in [2.75, 3.05) is 13.1 Å². The largest absolute Gasteiger partial charge is 0.439 e. The molecule has 0 spiro atoms. The third-order valence-corrected chi connectivity index (χ3v) is 5.44. The van der Waals surface area contributed by atoms with Crippen molar-refractivity contribution >= 4 is 6.03 Å². The Balaban J connectivity index is 1.17. The minimum absolute atomic E-state index is 0.174. The number of halogens is 1. The van der Waals surface area contributed by atoms with Crippen LogP contribution in [0.2, 0.25) is 0 Å². The average molecular weight is 435 g/mol. The number of hydrogen-bond donors (Lipinski definition) is 2. The predicted octanol–water partition coefficient (Wildman–Crippen LogP) is 4.48. The maximum absolute atomic E-state index is 13.2. The van der Waals surface area contributed by atoms with E-state index in [0.717, 1.165) is 38.0 Å². The van der Waals surface area contributed by atoms with Crippen molar-refractivity contribution in [3.63, 3.8) is 0 Å². The smallest absolute Gasteiger partial charge is 0.315 e. The molecule has 0 bridgehead atoms. The molecule has 166 valence electrons. The minimum Gasteiger partial charge on any atom is -0.439 e. The second kappa shape index (κ2) is 10.7. The number of nitrogens with one attached hydrogen (secondary N) is 2. The van der Waals surface area contributed by atoms with Gasteiger partial charge in [0.25, 0.3) is 0 Å². The molecule has 7 heteroatoms. The van der Waals surface area contributed by atoms with Gasteiger partial charge in [0.1, 0.15) is 11.6 Å². The fourth-order valence-electron chi connectivity index (χ4n) is 3.72. The number of nitrogens with zero attached hydrogens (tertiary/aromatic N) is 2. The van der Waals surface area contributed by atoms with Crippen LogP contribution < -0.4 is 15.4 Å². The highest BCUT2D eigenvalue weighted by Gasteiger charge is 2.20. The lowest BCUT2D eigenvalue weighted by atomic mass is 10.0. The number of carbonyl (C=O) groups is 1. The van der Waals surface area contributed by atoms with Crippen molar-refractivity contribution in [2.24, 2.45) is 0 Å². The van der Waals surface area contributed by atoms with Crippen molar-refractivity contribution in [3.05, 3.63) is 89.9 Å². The highest BCUT2D eigenvalue weighted by Crippen LogP contribution is 2.20. The van der Waals surface area contributed by atoms with Crippen molar-refractivity contribution in [1.82, 2.24) is 20.5 Å². The number of aromatic nitrogens is 1. The van der Waals surface area contributed by atoms with E-state index in [1.54, 1.807) is 24.4 Å². The molecule has 2 amide bonds. The number of carbonyl (C=O) groups excluding carboxylic acids is 1. The normalized spacial score (nSPS) is 14.7. The molecule has 1 saturated heterocycles. The second-order valence-electron chi connectivity index (χ2n) is 7.93. The maximum Gasteiger partial charge on any atom is 0.315 e. The lowest BCUT2D eigenvalue weighted by Crippen LogP contribution is -2.47. The van der Waals surface area contributed by atoms with E-state index >= 15 is 0 Å². The summed E-state index contributed by atoms with van der Waals surface area (Å²) in [6.07, 6.45) is 3.51. The molecule has 0 unspecified atom stereocenters. The molecule has 0 aliphatic carbocycles. The Morgan fingerprint density at radius 2 is 1.84 bits per heavy atom. The maximum atomic E-state index is 13.2. The first-order chi connectivity index (χ1) is 15.6. The van der Waals surface area contributed by atoms with Gasteiger partial charge in [-0.2, -0.15) is 0 Å². The molecular weight excluding hydrogens is 407 g/mol. The Bertz CT molecular complexity index is 1010. The summed E-state index contributed by atoms with van der Waals surface area (Å²) in [7, 11) is 0. The lowest BCUT2D eigenvalue weighted by molar-refractivity contribution is 0.186. The molecular formula is C25H27FN4O2. The number of pyridine rings is 1. The van der Waals surface area contributed by atoms with Crippen LogP contribution in [-0.2, 0) is 13.1 Å². The van der Waals surface area contributed by atoms with E-state index in [1.165, 1.54) is 17.7 Å². The predicted molar refractivity (Wildman–Crippen MR) is 121 cm³/mol. The van der Waals surface area contributed by atoms with Gasteiger partial charge in [-0.05, 0) is 36.1 Å². The van der Waals surface area contributed by atoms with Crippen LogP contribution in [0.15, 0.2) is 72.9 Å². The molecule has 0 radical (unpaired) electrons. The van der Waals surface area contributed by atoms with Crippen LogP contribution in [0.3, 0.4) is 0 Å².